The van der Waals surface area contributed by atoms with Crippen LogP contribution in [0.15, 0.2) is 45.8 Å². The van der Waals surface area contributed by atoms with E-state index in [-0.39, 0.29) is 35.4 Å². The second-order valence-corrected chi connectivity index (χ2v) is 7.71. The molecule has 26 heavy (non-hydrogen) atoms. The van der Waals surface area contributed by atoms with E-state index < -0.39 is 0 Å². The Morgan fingerprint density at radius 3 is 2.46 bits per heavy atom. The van der Waals surface area contributed by atoms with Gasteiger partial charge in [-0.15, -0.1) is 0 Å². The zero-order chi connectivity index (χ0) is 18.5. The van der Waals surface area contributed by atoms with Gasteiger partial charge in [0.05, 0.1) is 6.54 Å². The van der Waals surface area contributed by atoms with Gasteiger partial charge in [0, 0.05) is 16.7 Å². The lowest BCUT2D eigenvalue weighted by Gasteiger charge is -2.17. The summed E-state index contributed by atoms with van der Waals surface area (Å²) in [6, 6.07) is 7.68. The van der Waals surface area contributed by atoms with E-state index in [1.165, 1.54) is 29.5 Å². The van der Waals surface area contributed by atoms with Gasteiger partial charge in [-0.1, -0.05) is 37.8 Å². The minimum atomic E-state index is -0.344. The molecule has 0 spiro atoms. The third-order valence-corrected chi connectivity index (χ3v) is 5.19. The molecule has 6 heteroatoms. The van der Waals surface area contributed by atoms with Gasteiger partial charge < -0.3 is 9.88 Å². The lowest BCUT2D eigenvalue weighted by atomic mass is 10.1. The molecule has 0 radical (unpaired) electrons. The van der Waals surface area contributed by atoms with Crippen molar-refractivity contribution in [1.82, 2.24) is 9.88 Å². The molecule has 1 aromatic heterocycles. The number of aromatic nitrogens is 1. The van der Waals surface area contributed by atoms with E-state index in [1.807, 2.05) is 0 Å². The maximum absolute atomic E-state index is 13.1. The Labute approximate surface area is 160 Å². The SMILES string of the molecule is O=C(NC1CCCCCC1)c1cc(Br)cn(Cc2ccc(F)cc2)c1=O. The highest BCUT2D eigenvalue weighted by molar-refractivity contribution is 9.10. The number of carbonyl (C=O) groups is 1. The average molecular weight is 421 g/mol. The molecule has 1 amide bonds. The van der Waals surface area contributed by atoms with E-state index in [0.717, 1.165) is 31.2 Å². The highest BCUT2D eigenvalue weighted by atomic mass is 79.9. The fourth-order valence-corrected chi connectivity index (χ4v) is 3.83. The fourth-order valence-electron chi connectivity index (χ4n) is 3.35. The molecule has 2 aromatic rings. The predicted molar refractivity (Wildman–Crippen MR) is 103 cm³/mol. The first-order chi connectivity index (χ1) is 12.5. The molecule has 0 bridgehead atoms. The van der Waals surface area contributed by atoms with Gasteiger partial charge in [0.25, 0.3) is 11.5 Å². The summed E-state index contributed by atoms with van der Waals surface area (Å²) in [7, 11) is 0. The summed E-state index contributed by atoms with van der Waals surface area (Å²) in [5, 5.41) is 3.02. The molecule has 0 saturated heterocycles. The molecule has 1 saturated carbocycles. The molecular weight excluding hydrogens is 399 g/mol. The zero-order valence-electron chi connectivity index (χ0n) is 14.5. The van der Waals surface area contributed by atoms with Crippen LogP contribution in [0.2, 0.25) is 0 Å². The normalized spacial score (nSPS) is 15.5. The third kappa shape index (κ3) is 4.81. The van der Waals surface area contributed by atoms with Gasteiger partial charge in [-0.25, -0.2) is 4.39 Å². The van der Waals surface area contributed by atoms with Crippen molar-refractivity contribution in [3.8, 4) is 0 Å². The molecule has 138 valence electrons. The number of hydrogen-bond acceptors (Lipinski definition) is 2. The molecule has 0 atom stereocenters. The Bertz CT molecular complexity index is 825. The first-order valence-electron chi connectivity index (χ1n) is 8.98. The summed E-state index contributed by atoms with van der Waals surface area (Å²) >= 11 is 3.38. The molecule has 3 rings (SSSR count). The average Bonchev–Trinajstić information content (AvgIpc) is 2.88. The van der Waals surface area contributed by atoms with E-state index in [0.29, 0.717) is 4.47 Å². The quantitative estimate of drug-likeness (QED) is 0.751. The van der Waals surface area contributed by atoms with Crippen molar-refractivity contribution in [2.45, 2.75) is 51.1 Å². The van der Waals surface area contributed by atoms with Gasteiger partial charge in [0.1, 0.15) is 11.4 Å². The van der Waals surface area contributed by atoms with Crippen LogP contribution >= 0.6 is 15.9 Å². The number of hydrogen-bond donors (Lipinski definition) is 1. The van der Waals surface area contributed by atoms with Crippen molar-refractivity contribution >= 4 is 21.8 Å². The maximum Gasteiger partial charge on any atom is 0.263 e. The molecule has 0 unspecified atom stereocenters. The highest BCUT2D eigenvalue weighted by Crippen LogP contribution is 2.18. The second kappa shape index (κ2) is 8.62. The van der Waals surface area contributed by atoms with Crippen molar-refractivity contribution < 1.29 is 9.18 Å². The summed E-state index contributed by atoms with van der Waals surface area (Å²) in [6.45, 7) is 0.280. The standard InChI is InChI=1S/C20H22BrFN2O2/c21-15-11-18(19(25)23-17-5-3-1-2-4-6-17)20(26)24(13-15)12-14-7-9-16(22)10-8-14/h7-11,13,17H,1-6,12H2,(H,23,25). The van der Waals surface area contributed by atoms with Crippen molar-refractivity contribution in [1.29, 1.82) is 0 Å². The van der Waals surface area contributed by atoms with Gasteiger partial charge in [-0.05, 0) is 52.5 Å². The molecule has 0 aliphatic heterocycles. The van der Waals surface area contributed by atoms with Crippen LogP contribution in [0.3, 0.4) is 0 Å². The van der Waals surface area contributed by atoms with Crippen LogP contribution in [-0.2, 0) is 6.54 Å². The van der Waals surface area contributed by atoms with Crippen LogP contribution in [0.5, 0.6) is 0 Å². The number of nitrogens with zero attached hydrogens (tertiary/aromatic N) is 1. The number of nitrogens with one attached hydrogen (secondary N) is 1. The fraction of sp³-hybridized carbons (Fsp3) is 0.400. The van der Waals surface area contributed by atoms with E-state index in [4.69, 9.17) is 0 Å². The maximum atomic E-state index is 13.1. The van der Waals surface area contributed by atoms with Crippen molar-refractivity contribution in [3.05, 3.63) is 68.3 Å². The zero-order valence-corrected chi connectivity index (χ0v) is 16.1. The Hall–Kier alpha value is -1.95. The van der Waals surface area contributed by atoms with Gasteiger partial charge in [-0.3, -0.25) is 9.59 Å². The molecule has 1 aliphatic rings. The number of rotatable bonds is 4. The van der Waals surface area contributed by atoms with Crippen molar-refractivity contribution in [2.75, 3.05) is 0 Å². The summed E-state index contributed by atoms with van der Waals surface area (Å²) in [5.74, 6) is -0.644. The number of halogens is 2. The molecule has 1 fully saturated rings. The summed E-state index contributed by atoms with van der Waals surface area (Å²) in [4.78, 5) is 25.4. The lowest BCUT2D eigenvalue weighted by Crippen LogP contribution is -2.38. The van der Waals surface area contributed by atoms with Crippen LogP contribution < -0.4 is 10.9 Å². The second-order valence-electron chi connectivity index (χ2n) is 6.79. The Morgan fingerprint density at radius 2 is 1.81 bits per heavy atom. The number of benzene rings is 1. The molecule has 1 N–H and O–H groups in total. The Balaban J connectivity index is 1.80. The van der Waals surface area contributed by atoms with Crippen LogP contribution in [0, 0.1) is 5.82 Å². The smallest absolute Gasteiger partial charge is 0.263 e. The molecule has 4 nitrogen and oxygen atoms in total. The third-order valence-electron chi connectivity index (χ3n) is 4.75. The molecular formula is C20H22BrFN2O2. The monoisotopic (exact) mass is 420 g/mol. The van der Waals surface area contributed by atoms with Gasteiger partial charge in [0.2, 0.25) is 0 Å². The number of amides is 1. The minimum absolute atomic E-state index is 0.130. The van der Waals surface area contributed by atoms with Crippen molar-refractivity contribution in [2.24, 2.45) is 0 Å². The lowest BCUT2D eigenvalue weighted by molar-refractivity contribution is 0.0931. The first-order valence-corrected chi connectivity index (χ1v) is 9.77. The van der Waals surface area contributed by atoms with Gasteiger partial charge >= 0.3 is 0 Å². The summed E-state index contributed by atoms with van der Waals surface area (Å²) in [5.41, 5.74) is 0.580. The van der Waals surface area contributed by atoms with Crippen LogP contribution in [0.1, 0.15) is 54.4 Å². The topological polar surface area (TPSA) is 51.1 Å². The van der Waals surface area contributed by atoms with E-state index in [2.05, 4.69) is 21.2 Å². The van der Waals surface area contributed by atoms with E-state index in [9.17, 15) is 14.0 Å². The minimum Gasteiger partial charge on any atom is -0.349 e. The predicted octanol–water partition coefficient (Wildman–Crippen LogP) is 4.25. The summed E-state index contributed by atoms with van der Waals surface area (Å²) in [6.07, 6.45) is 8.19. The summed E-state index contributed by atoms with van der Waals surface area (Å²) < 4.78 is 15.2. The molecule has 1 aromatic carbocycles. The highest BCUT2D eigenvalue weighted by Gasteiger charge is 2.19. The Kier molecular flexibility index (Phi) is 6.25. The molecule has 1 heterocycles. The number of pyridine rings is 1. The van der Waals surface area contributed by atoms with Crippen LogP contribution in [-0.4, -0.2) is 16.5 Å². The first kappa shape index (κ1) is 18.8. The van der Waals surface area contributed by atoms with Gasteiger partial charge in [-0.2, -0.15) is 0 Å². The van der Waals surface area contributed by atoms with Crippen LogP contribution in [0.25, 0.3) is 0 Å². The van der Waals surface area contributed by atoms with E-state index >= 15 is 0 Å². The van der Waals surface area contributed by atoms with Crippen molar-refractivity contribution in [3.63, 3.8) is 0 Å². The molecule has 1 aliphatic carbocycles. The van der Waals surface area contributed by atoms with Crippen LogP contribution in [0.4, 0.5) is 4.39 Å². The Morgan fingerprint density at radius 1 is 1.15 bits per heavy atom. The number of carbonyl (C=O) groups excluding carboxylic acids is 1. The van der Waals surface area contributed by atoms with Gasteiger partial charge in [0.15, 0.2) is 0 Å². The van der Waals surface area contributed by atoms with E-state index in [1.54, 1.807) is 24.4 Å². The largest absolute Gasteiger partial charge is 0.349 e.